The molecule has 0 spiro atoms. The fraction of sp³-hybridized carbons (Fsp3) is 0.115. The molecule has 1 amide bonds. The average molecular weight is 432 g/mol. The van der Waals surface area contributed by atoms with Crippen LogP contribution in [0.2, 0.25) is 0 Å². The summed E-state index contributed by atoms with van der Waals surface area (Å²) in [6, 6.07) is 19.1. The molecular weight excluding hydrogens is 407 g/mol. The number of ketones is 1. The van der Waals surface area contributed by atoms with Crippen molar-refractivity contribution < 1.29 is 14.0 Å². The fourth-order valence-electron chi connectivity index (χ4n) is 2.89. The van der Waals surface area contributed by atoms with Crippen molar-refractivity contribution >= 4 is 23.1 Å². The minimum absolute atomic E-state index is 0.0553. The van der Waals surface area contributed by atoms with Crippen molar-refractivity contribution in [2.24, 2.45) is 5.73 Å². The lowest BCUT2D eigenvalue weighted by Gasteiger charge is -2.04. The summed E-state index contributed by atoms with van der Waals surface area (Å²) in [7, 11) is 0. The van der Waals surface area contributed by atoms with E-state index in [1.807, 2.05) is 13.0 Å². The molecule has 0 unspecified atom stereocenters. The third-order valence-electron chi connectivity index (χ3n) is 4.61. The van der Waals surface area contributed by atoms with Crippen molar-refractivity contribution in [3.05, 3.63) is 117 Å². The second-order valence-corrected chi connectivity index (χ2v) is 7.21. The number of aryl methyl sites for hydroxylation is 3. The van der Waals surface area contributed by atoms with Crippen LogP contribution in [-0.2, 0) is 4.79 Å². The summed E-state index contributed by atoms with van der Waals surface area (Å²) in [4.78, 5) is 36.4. The van der Waals surface area contributed by atoms with Gasteiger partial charge < -0.3 is 10.7 Å². The van der Waals surface area contributed by atoms with E-state index in [0.29, 0.717) is 10.9 Å². The van der Waals surface area contributed by atoms with E-state index in [-0.39, 0.29) is 23.0 Å². The first-order chi connectivity index (χ1) is 15.3. The number of hydrogen-bond acceptors (Lipinski definition) is 3. The molecule has 0 saturated heterocycles. The number of carbonyl (C=O) groups is 2. The topological polar surface area (TPSA) is 93.0 Å². The Labute approximate surface area is 185 Å². The number of primary amides is 1. The summed E-state index contributed by atoms with van der Waals surface area (Å²) in [6.45, 7) is 6.08. The zero-order valence-electron chi connectivity index (χ0n) is 18.2. The molecule has 1 aromatic heterocycles. The lowest BCUT2D eigenvalue weighted by atomic mass is 10.0. The molecule has 6 heteroatoms. The maximum atomic E-state index is 12.9. The van der Waals surface area contributed by atoms with Gasteiger partial charge in [0, 0.05) is 22.7 Å². The quantitative estimate of drug-likeness (QED) is 0.358. The van der Waals surface area contributed by atoms with Crippen molar-refractivity contribution in [3.8, 4) is 0 Å². The molecule has 3 N–H and O–H groups in total. The standard InChI is InChI=1S/C17H12FNO2.C8H10.CH3NO/c1-10-2-7-15-13(8-10)17(21)14(9-19-15)16(20)11-3-5-12(18)6-4-11;1-7-3-5-8(2)6-4-7;2-1-3/h2-9H,1H3,(H,19,21);3-6H,1-2H3;1H,(H2,2,3). The number of aromatic amines is 1. The summed E-state index contributed by atoms with van der Waals surface area (Å²) in [5.41, 5.74) is 8.47. The number of rotatable bonds is 2. The SMILES string of the molecule is Cc1ccc(C)cc1.Cc1ccc2[nH]cc(C(=O)c3ccc(F)cc3)c(=O)c2c1.NC=O. The van der Waals surface area contributed by atoms with Crippen LogP contribution in [0.5, 0.6) is 0 Å². The highest BCUT2D eigenvalue weighted by molar-refractivity contribution is 6.10. The second-order valence-electron chi connectivity index (χ2n) is 7.21. The van der Waals surface area contributed by atoms with Gasteiger partial charge in [0.25, 0.3) is 0 Å². The van der Waals surface area contributed by atoms with Crippen LogP contribution < -0.4 is 11.2 Å². The van der Waals surface area contributed by atoms with Gasteiger partial charge in [0.1, 0.15) is 5.82 Å². The van der Waals surface area contributed by atoms with Crippen LogP contribution in [-0.4, -0.2) is 17.2 Å². The molecule has 0 saturated carbocycles. The maximum Gasteiger partial charge on any atom is 0.204 e. The predicted molar refractivity (Wildman–Crippen MR) is 125 cm³/mol. The molecule has 1 heterocycles. The minimum Gasteiger partial charge on any atom is -0.372 e. The first-order valence-electron chi connectivity index (χ1n) is 9.87. The number of nitrogens with one attached hydrogen (secondary N) is 1. The smallest absolute Gasteiger partial charge is 0.204 e. The van der Waals surface area contributed by atoms with E-state index < -0.39 is 11.6 Å². The van der Waals surface area contributed by atoms with Gasteiger partial charge in [-0.3, -0.25) is 14.4 Å². The van der Waals surface area contributed by atoms with Gasteiger partial charge >= 0.3 is 0 Å². The molecule has 0 fully saturated rings. The Morgan fingerprint density at radius 2 is 1.38 bits per heavy atom. The fourth-order valence-corrected chi connectivity index (χ4v) is 2.89. The third kappa shape index (κ3) is 6.47. The molecule has 4 aromatic rings. The number of hydrogen-bond donors (Lipinski definition) is 2. The molecular formula is C26H25FN2O3. The van der Waals surface area contributed by atoms with Crippen LogP contribution in [0.15, 0.2) is 77.7 Å². The lowest BCUT2D eigenvalue weighted by molar-refractivity contribution is -0.106. The van der Waals surface area contributed by atoms with E-state index in [2.05, 4.69) is 48.8 Å². The molecule has 4 rings (SSSR count). The van der Waals surface area contributed by atoms with Crippen LogP contribution in [0.25, 0.3) is 10.9 Å². The molecule has 0 atom stereocenters. The van der Waals surface area contributed by atoms with Crippen LogP contribution >= 0.6 is 0 Å². The number of amides is 1. The highest BCUT2D eigenvalue weighted by atomic mass is 19.1. The van der Waals surface area contributed by atoms with Gasteiger partial charge in [0.2, 0.25) is 11.8 Å². The Morgan fingerprint density at radius 1 is 0.875 bits per heavy atom. The van der Waals surface area contributed by atoms with E-state index >= 15 is 0 Å². The van der Waals surface area contributed by atoms with Gasteiger partial charge in [-0.25, -0.2) is 4.39 Å². The Hall–Kier alpha value is -4.06. The number of pyridine rings is 1. The molecule has 0 aliphatic heterocycles. The van der Waals surface area contributed by atoms with E-state index in [1.54, 1.807) is 12.1 Å². The number of aromatic nitrogens is 1. The molecule has 0 aliphatic rings. The summed E-state index contributed by atoms with van der Waals surface area (Å²) in [5.74, 6) is -0.839. The number of fused-ring (bicyclic) bond motifs is 1. The van der Waals surface area contributed by atoms with Crippen LogP contribution in [0, 0.1) is 26.6 Å². The molecule has 5 nitrogen and oxygen atoms in total. The summed E-state index contributed by atoms with van der Waals surface area (Å²) < 4.78 is 12.9. The van der Waals surface area contributed by atoms with Crippen molar-refractivity contribution in [1.82, 2.24) is 4.98 Å². The first-order valence-corrected chi connectivity index (χ1v) is 9.87. The number of benzene rings is 3. The first kappa shape index (κ1) is 24.2. The third-order valence-corrected chi connectivity index (χ3v) is 4.61. The normalized spacial score (nSPS) is 9.75. The van der Waals surface area contributed by atoms with E-state index in [0.717, 1.165) is 5.56 Å². The molecule has 0 aliphatic carbocycles. The summed E-state index contributed by atoms with van der Waals surface area (Å²) in [5, 5.41) is 0.475. The molecule has 3 aromatic carbocycles. The maximum absolute atomic E-state index is 12.9. The van der Waals surface area contributed by atoms with Gasteiger partial charge in [0.15, 0.2) is 5.78 Å². The van der Waals surface area contributed by atoms with Crippen LogP contribution in [0.1, 0.15) is 32.6 Å². The van der Waals surface area contributed by atoms with Crippen LogP contribution in [0.3, 0.4) is 0 Å². The van der Waals surface area contributed by atoms with Gasteiger partial charge in [-0.05, 0) is 57.2 Å². The summed E-state index contributed by atoms with van der Waals surface area (Å²) in [6.07, 6.45) is 1.66. The van der Waals surface area contributed by atoms with Crippen molar-refractivity contribution in [2.45, 2.75) is 20.8 Å². The molecule has 0 bridgehead atoms. The Morgan fingerprint density at radius 3 is 1.91 bits per heavy atom. The average Bonchev–Trinajstić information content (AvgIpc) is 2.78. The van der Waals surface area contributed by atoms with Gasteiger partial charge in [0.05, 0.1) is 5.56 Å². The van der Waals surface area contributed by atoms with Crippen molar-refractivity contribution in [2.75, 3.05) is 0 Å². The van der Waals surface area contributed by atoms with E-state index in [1.165, 1.54) is 41.6 Å². The molecule has 32 heavy (non-hydrogen) atoms. The highest BCUT2D eigenvalue weighted by Crippen LogP contribution is 2.13. The summed E-state index contributed by atoms with van der Waals surface area (Å²) >= 11 is 0. The largest absolute Gasteiger partial charge is 0.372 e. The Bertz CT molecular complexity index is 1240. The predicted octanol–water partition coefficient (Wildman–Crippen LogP) is 4.61. The van der Waals surface area contributed by atoms with Gasteiger partial charge in [-0.2, -0.15) is 0 Å². The zero-order valence-corrected chi connectivity index (χ0v) is 18.2. The monoisotopic (exact) mass is 432 g/mol. The number of nitrogens with two attached hydrogens (primary N) is 1. The van der Waals surface area contributed by atoms with Gasteiger partial charge in [-0.15, -0.1) is 0 Å². The van der Waals surface area contributed by atoms with Crippen molar-refractivity contribution in [1.29, 1.82) is 0 Å². The second kappa shape index (κ2) is 11.4. The number of halogens is 1. The van der Waals surface area contributed by atoms with E-state index in [4.69, 9.17) is 4.79 Å². The number of H-pyrrole nitrogens is 1. The Balaban J connectivity index is 0.000000274. The molecule has 164 valence electrons. The van der Waals surface area contributed by atoms with Gasteiger partial charge in [-0.1, -0.05) is 47.0 Å². The van der Waals surface area contributed by atoms with E-state index in [9.17, 15) is 14.0 Å². The highest BCUT2D eigenvalue weighted by Gasteiger charge is 2.15. The minimum atomic E-state index is -0.422. The lowest BCUT2D eigenvalue weighted by Crippen LogP contribution is -2.16. The van der Waals surface area contributed by atoms with Crippen LogP contribution in [0.4, 0.5) is 4.39 Å². The molecule has 0 radical (unpaired) electrons. The van der Waals surface area contributed by atoms with Crippen molar-refractivity contribution in [3.63, 3.8) is 0 Å². The number of carbonyl (C=O) groups excluding carboxylic acids is 2. The Kier molecular flexibility index (Phi) is 8.60. The zero-order chi connectivity index (χ0) is 23.7.